The van der Waals surface area contributed by atoms with Crippen LogP contribution in [0.25, 0.3) is 5.57 Å². The predicted molar refractivity (Wildman–Crippen MR) is 87.9 cm³/mol. The van der Waals surface area contributed by atoms with Crippen LogP contribution in [0.2, 0.25) is 0 Å². The molecule has 0 amide bonds. The van der Waals surface area contributed by atoms with Crippen LogP contribution < -0.4 is 5.32 Å². The first-order valence-corrected chi connectivity index (χ1v) is 7.56. The first kappa shape index (κ1) is 15.3. The average Bonchev–Trinajstić information content (AvgIpc) is 3.13. The van der Waals surface area contributed by atoms with Gasteiger partial charge in [0, 0.05) is 56.7 Å². The molecule has 2 aromatic rings. The molecule has 0 saturated heterocycles. The number of nitrogens with zero attached hydrogens (tertiary/aromatic N) is 4. The Kier molecular flexibility index (Phi) is 4.40. The van der Waals surface area contributed by atoms with Crippen molar-refractivity contribution in [3.8, 4) is 6.07 Å². The fourth-order valence-corrected chi connectivity index (χ4v) is 2.77. The Morgan fingerprint density at radius 2 is 2.30 bits per heavy atom. The van der Waals surface area contributed by atoms with Crippen LogP contribution in [0.3, 0.4) is 0 Å². The van der Waals surface area contributed by atoms with Gasteiger partial charge in [-0.3, -0.25) is 9.67 Å². The number of methoxy groups -OCH3 is 1. The third kappa shape index (κ3) is 3.25. The van der Waals surface area contributed by atoms with Crippen molar-refractivity contribution in [3.05, 3.63) is 47.1 Å². The normalized spacial score (nSPS) is 12.7. The summed E-state index contributed by atoms with van der Waals surface area (Å²) >= 11 is 0. The average molecular weight is 309 g/mol. The van der Waals surface area contributed by atoms with E-state index < -0.39 is 0 Å². The highest BCUT2D eigenvalue weighted by atomic mass is 16.5. The second-order valence-corrected chi connectivity index (χ2v) is 5.49. The van der Waals surface area contributed by atoms with Crippen LogP contribution in [0.5, 0.6) is 0 Å². The second-order valence-electron chi connectivity index (χ2n) is 5.49. The molecule has 0 spiro atoms. The SMILES string of the molecule is COCCNc1cc(Cc2ccn(C)n2)nc2c1C(C#N)=CC2. The van der Waals surface area contributed by atoms with Crippen LogP contribution in [0.15, 0.2) is 24.4 Å². The monoisotopic (exact) mass is 309 g/mol. The quantitative estimate of drug-likeness (QED) is 0.825. The highest BCUT2D eigenvalue weighted by molar-refractivity contribution is 5.88. The highest BCUT2D eigenvalue weighted by Gasteiger charge is 2.21. The molecule has 2 heterocycles. The number of ether oxygens (including phenoxy) is 1. The van der Waals surface area contributed by atoms with Crippen molar-refractivity contribution in [1.29, 1.82) is 5.26 Å². The Morgan fingerprint density at radius 3 is 3.00 bits per heavy atom. The van der Waals surface area contributed by atoms with E-state index in [4.69, 9.17) is 9.72 Å². The molecular formula is C17H19N5O. The Bertz CT molecular complexity index is 785. The summed E-state index contributed by atoms with van der Waals surface area (Å²) in [5.41, 5.74) is 5.45. The summed E-state index contributed by atoms with van der Waals surface area (Å²) in [6, 6.07) is 6.26. The maximum atomic E-state index is 9.30. The van der Waals surface area contributed by atoms with Crippen LogP contribution >= 0.6 is 0 Å². The standard InChI is InChI=1S/C17H19N5O/c1-22-7-5-13(21-22)9-14-10-16(19-6-8-23-2)17-12(11-18)3-4-15(17)20-14/h3,5,7,10H,4,6,8-9H2,1-2H3,(H,19,20). The van der Waals surface area contributed by atoms with Crippen molar-refractivity contribution in [3.63, 3.8) is 0 Å². The highest BCUT2D eigenvalue weighted by Crippen LogP contribution is 2.33. The Hall–Kier alpha value is -2.65. The molecule has 1 aliphatic rings. The van der Waals surface area contributed by atoms with Gasteiger partial charge in [-0.25, -0.2) is 0 Å². The first-order chi connectivity index (χ1) is 11.2. The molecule has 0 saturated carbocycles. The molecule has 1 aliphatic carbocycles. The molecule has 2 aromatic heterocycles. The van der Waals surface area contributed by atoms with E-state index in [2.05, 4.69) is 16.5 Å². The summed E-state index contributed by atoms with van der Waals surface area (Å²) in [6.45, 7) is 1.30. The molecule has 6 nitrogen and oxygen atoms in total. The number of anilines is 1. The van der Waals surface area contributed by atoms with Gasteiger partial charge in [-0.1, -0.05) is 6.08 Å². The number of hydrogen-bond acceptors (Lipinski definition) is 5. The maximum absolute atomic E-state index is 9.30. The zero-order valence-corrected chi connectivity index (χ0v) is 13.3. The molecule has 0 fully saturated rings. The van der Waals surface area contributed by atoms with Crippen molar-refractivity contribution >= 4 is 11.3 Å². The number of rotatable bonds is 6. The van der Waals surface area contributed by atoms with Gasteiger partial charge in [0.1, 0.15) is 0 Å². The van der Waals surface area contributed by atoms with Gasteiger partial charge in [0.15, 0.2) is 0 Å². The number of nitrogens with one attached hydrogen (secondary N) is 1. The van der Waals surface area contributed by atoms with E-state index in [1.165, 1.54) is 0 Å². The van der Waals surface area contributed by atoms with Crippen LogP contribution in [0.4, 0.5) is 5.69 Å². The lowest BCUT2D eigenvalue weighted by Crippen LogP contribution is -2.11. The molecule has 0 bridgehead atoms. The number of aryl methyl sites for hydroxylation is 1. The Morgan fingerprint density at radius 1 is 1.43 bits per heavy atom. The fraction of sp³-hybridized carbons (Fsp3) is 0.353. The molecule has 6 heteroatoms. The van der Waals surface area contributed by atoms with E-state index in [1.54, 1.807) is 11.8 Å². The van der Waals surface area contributed by atoms with Crippen LogP contribution in [-0.2, 0) is 24.6 Å². The van der Waals surface area contributed by atoms with E-state index in [1.807, 2.05) is 31.5 Å². The molecule has 0 unspecified atom stereocenters. The summed E-state index contributed by atoms with van der Waals surface area (Å²) in [7, 11) is 3.58. The molecule has 1 N–H and O–H groups in total. The van der Waals surface area contributed by atoms with Crippen molar-refractivity contribution in [2.45, 2.75) is 12.8 Å². The van der Waals surface area contributed by atoms with E-state index in [0.29, 0.717) is 31.6 Å². The minimum Gasteiger partial charge on any atom is -0.383 e. The van der Waals surface area contributed by atoms with Gasteiger partial charge >= 0.3 is 0 Å². The second kappa shape index (κ2) is 6.63. The molecular weight excluding hydrogens is 290 g/mol. The van der Waals surface area contributed by atoms with E-state index in [-0.39, 0.29) is 0 Å². The van der Waals surface area contributed by atoms with Gasteiger partial charge in [0.2, 0.25) is 0 Å². The smallest absolute Gasteiger partial charge is 0.0996 e. The molecule has 118 valence electrons. The lowest BCUT2D eigenvalue weighted by molar-refractivity contribution is 0.211. The lowest BCUT2D eigenvalue weighted by Gasteiger charge is -2.13. The molecule has 0 aromatic carbocycles. The number of fused-ring (bicyclic) bond motifs is 1. The van der Waals surface area contributed by atoms with Crippen LogP contribution in [0.1, 0.15) is 22.6 Å². The number of aromatic nitrogens is 3. The number of hydrogen-bond donors (Lipinski definition) is 1. The van der Waals surface area contributed by atoms with Gasteiger partial charge < -0.3 is 10.1 Å². The van der Waals surface area contributed by atoms with E-state index >= 15 is 0 Å². The largest absolute Gasteiger partial charge is 0.383 e. The number of pyridine rings is 1. The zero-order valence-electron chi connectivity index (χ0n) is 13.3. The molecule has 0 radical (unpaired) electrons. The summed E-state index contributed by atoms with van der Waals surface area (Å²) in [6.07, 6.45) is 5.24. The summed E-state index contributed by atoms with van der Waals surface area (Å²) < 4.78 is 6.88. The number of allylic oxidation sites excluding steroid dienone is 2. The minimum atomic E-state index is 0.609. The molecule has 0 aliphatic heterocycles. The summed E-state index contributed by atoms with van der Waals surface area (Å²) in [5, 5.41) is 17.1. The van der Waals surface area contributed by atoms with Crippen molar-refractivity contribution < 1.29 is 4.74 Å². The lowest BCUT2D eigenvalue weighted by atomic mass is 10.1. The summed E-state index contributed by atoms with van der Waals surface area (Å²) in [5.74, 6) is 0. The molecule has 23 heavy (non-hydrogen) atoms. The topological polar surface area (TPSA) is 75.8 Å². The Labute approximate surface area is 135 Å². The van der Waals surface area contributed by atoms with Crippen molar-refractivity contribution in [2.75, 3.05) is 25.6 Å². The fourth-order valence-electron chi connectivity index (χ4n) is 2.77. The van der Waals surface area contributed by atoms with E-state index in [9.17, 15) is 5.26 Å². The van der Waals surface area contributed by atoms with Gasteiger partial charge in [-0.05, 0) is 12.1 Å². The predicted octanol–water partition coefficient (Wildman–Crippen LogP) is 1.93. The third-order valence-corrected chi connectivity index (χ3v) is 3.79. The van der Waals surface area contributed by atoms with Gasteiger partial charge in [-0.2, -0.15) is 10.4 Å². The zero-order chi connectivity index (χ0) is 16.2. The third-order valence-electron chi connectivity index (χ3n) is 3.79. The van der Waals surface area contributed by atoms with Gasteiger partial charge in [0.05, 0.1) is 29.6 Å². The first-order valence-electron chi connectivity index (χ1n) is 7.56. The van der Waals surface area contributed by atoms with Crippen molar-refractivity contribution in [1.82, 2.24) is 14.8 Å². The van der Waals surface area contributed by atoms with Crippen LogP contribution in [0, 0.1) is 11.3 Å². The van der Waals surface area contributed by atoms with Gasteiger partial charge in [-0.15, -0.1) is 0 Å². The van der Waals surface area contributed by atoms with Crippen LogP contribution in [-0.4, -0.2) is 35.0 Å². The molecule has 0 atom stereocenters. The maximum Gasteiger partial charge on any atom is 0.0996 e. The summed E-state index contributed by atoms with van der Waals surface area (Å²) in [4.78, 5) is 4.72. The minimum absolute atomic E-state index is 0.609. The van der Waals surface area contributed by atoms with Crippen molar-refractivity contribution in [2.24, 2.45) is 7.05 Å². The number of nitriles is 1. The molecule has 3 rings (SSSR count). The van der Waals surface area contributed by atoms with Gasteiger partial charge in [0.25, 0.3) is 0 Å². The van der Waals surface area contributed by atoms with E-state index in [0.717, 1.165) is 28.3 Å². The Balaban J connectivity index is 1.91.